The van der Waals surface area contributed by atoms with Crippen molar-refractivity contribution in [1.29, 1.82) is 0 Å². The van der Waals surface area contributed by atoms with Crippen molar-refractivity contribution in [2.45, 2.75) is 19.8 Å². The molecular weight excluding hydrogens is 182 g/mol. The van der Waals surface area contributed by atoms with Gasteiger partial charge in [-0.3, -0.25) is 0 Å². The molecule has 2 nitrogen and oxygen atoms in total. The smallest absolute Gasteiger partial charge is 0.202 e. The summed E-state index contributed by atoms with van der Waals surface area (Å²) >= 11 is 3.17. The van der Waals surface area contributed by atoms with Crippen molar-refractivity contribution in [2.75, 3.05) is 0 Å². The number of hydrogen-bond donors (Lipinski definition) is 0. The van der Waals surface area contributed by atoms with E-state index in [4.69, 9.17) is 4.52 Å². The first-order chi connectivity index (χ1) is 4.33. The standard InChI is InChI=1S/C6H8BrNO/c1-2-3-5-4-6(7)9-8-5/h4H,2-3H2,1H3. The van der Waals surface area contributed by atoms with E-state index in [1.807, 2.05) is 6.07 Å². The normalized spacial score (nSPS) is 10.0. The van der Waals surface area contributed by atoms with E-state index in [0.29, 0.717) is 4.67 Å². The van der Waals surface area contributed by atoms with Crippen molar-refractivity contribution in [2.24, 2.45) is 0 Å². The molecule has 0 bridgehead atoms. The van der Waals surface area contributed by atoms with E-state index in [-0.39, 0.29) is 0 Å². The fourth-order valence-electron chi connectivity index (χ4n) is 0.660. The molecule has 3 heteroatoms. The Bertz CT molecular complexity index is 185. The fourth-order valence-corrected chi connectivity index (χ4v) is 0.997. The molecule has 0 saturated carbocycles. The number of halogens is 1. The van der Waals surface area contributed by atoms with Crippen LogP contribution in [0.1, 0.15) is 19.0 Å². The van der Waals surface area contributed by atoms with Gasteiger partial charge in [-0.05, 0) is 22.4 Å². The lowest BCUT2D eigenvalue weighted by molar-refractivity contribution is 0.393. The SMILES string of the molecule is CCCc1cc(Br)on1. The molecule has 0 fully saturated rings. The molecule has 0 aliphatic carbocycles. The highest BCUT2D eigenvalue weighted by molar-refractivity contribution is 9.10. The van der Waals surface area contributed by atoms with Crippen LogP contribution in [0.5, 0.6) is 0 Å². The zero-order valence-corrected chi connectivity index (χ0v) is 6.81. The van der Waals surface area contributed by atoms with Crippen LogP contribution in [0.2, 0.25) is 0 Å². The Hall–Kier alpha value is -0.310. The second-order valence-electron chi connectivity index (χ2n) is 1.87. The summed E-state index contributed by atoms with van der Waals surface area (Å²) in [7, 11) is 0. The van der Waals surface area contributed by atoms with Crippen molar-refractivity contribution in [1.82, 2.24) is 5.16 Å². The van der Waals surface area contributed by atoms with Gasteiger partial charge in [-0.1, -0.05) is 18.5 Å². The lowest BCUT2D eigenvalue weighted by Crippen LogP contribution is -1.79. The molecule has 9 heavy (non-hydrogen) atoms. The lowest BCUT2D eigenvalue weighted by Gasteiger charge is -1.82. The van der Waals surface area contributed by atoms with Gasteiger partial charge in [0.05, 0.1) is 5.69 Å². The highest BCUT2D eigenvalue weighted by Gasteiger charge is 1.97. The third-order valence-electron chi connectivity index (χ3n) is 1.04. The van der Waals surface area contributed by atoms with Gasteiger partial charge in [-0.2, -0.15) is 0 Å². The van der Waals surface area contributed by atoms with Crippen LogP contribution in [0.4, 0.5) is 0 Å². The predicted octanol–water partition coefficient (Wildman–Crippen LogP) is 2.39. The van der Waals surface area contributed by atoms with Crippen molar-refractivity contribution in [3.8, 4) is 0 Å². The van der Waals surface area contributed by atoms with E-state index >= 15 is 0 Å². The van der Waals surface area contributed by atoms with Crippen LogP contribution in [0.15, 0.2) is 15.3 Å². The van der Waals surface area contributed by atoms with Gasteiger partial charge in [0, 0.05) is 6.07 Å². The Kier molecular flexibility index (Phi) is 2.28. The van der Waals surface area contributed by atoms with Crippen molar-refractivity contribution in [3.05, 3.63) is 16.4 Å². The van der Waals surface area contributed by atoms with E-state index in [9.17, 15) is 0 Å². The maximum Gasteiger partial charge on any atom is 0.202 e. The summed E-state index contributed by atoms with van der Waals surface area (Å²) in [5.41, 5.74) is 1.02. The first kappa shape index (κ1) is 6.81. The molecule has 1 heterocycles. The molecule has 1 aromatic rings. The topological polar surface area (TPSA) is 26.0 Å². The van der Waals surface area contributed by atoms with Crippen LogP contribution in [-0.2, 0) is 6.42 Å². The number of rotatable bonds is 2. The van der Waals surface area contributed by atoms with E-state index in [1.165, 1.54) is 0 Å². The minimum atomic E-state index is 0.714. The molecule has 0 aromatic carbocycles. The summed E-state index contributed by atoms with van der Waals surface area (Å²) < 4.78 is 5.50. The summed E-state index contributed by atoms with van der Waals surface area (Å²) in [6.07, 6.45) is 2.11. The minimum absolute atomic E-state index is 0.714. The van der Waals surface area contributed by atoms with E-state index in [1.54, 1.807) is 0 Å². The molecule has 0 aliphatic rings. The van der Waals surface area contributed by atoms with Crippen molar-refractivity contribution >= 4 is 15.9 Å². The Morgan fingerprint density at radius 2 is 2.56 bits per heavy atom. The van der Waals surface area contributed by atoms with Gasteiger partial charge < -0.3 is 4.52 Å². The van der Waals surface area contributed by atoms with Crippen LogP contribution in [-0.4, -0.2) is 5.16 Å². The van der Waals surface area contributed by atoms with Gasteiger partial charge in [0.25, 0.3) is 0 Å². The summed E-state index contributed by atoms with van der Waals surface area (Å²) in [5.74, 6) is 0. The number of nitrogens with zero attached hydrogens (tertiary/aromatic N) is 1. The molecule has 0 radical (unpaired) electrons. The zero-order chi connectivity index (χ0) is 6.69. The molecule has 1 rings (SSSR count). The van der Waals surface area contributed by atoms with Gasteiger partial charge in [-0.15, -0.1) is 0 Å². The van der Waals surface area contributed by atoms with Gasteiger partial charge in [0.2, 0.25) is 4.67 Å². The Morgan fingerprint density at radius 1 is 1.78 bits per heavy atom. The third kappa shape index (κ3) is 1.82. The van der Waals surface area contributed by atoms with Gasteiger partial charge in [-0.25, -0.2) is 0 Å². The average molecular weight is 190 g/mol. The highest BCUT2D eigenvalue weighted by atomic mass is 79.9. The third-order valence-corrected chi connectivity index (χ3v) is 1.41. The Labute approximate surface area is 62.4 Å². The van der Waals surface area contributed by atoms with Crippen molar-refractivity contribution < 1.29 is 4.52 Å². The lowest BCUT2D eigenvalue weighted by atomic mass is 10.3. The molecule has 0 N–H and O–H groups in total. The largest absolute Gasteiger partial charge is 0.349 e. The van der Waals surface area contributed by atoms with Crippen LogP contribution in [0, 0.1) is 0 Å². The predicted molar refractivity (Wildman–Crippen MR) is 38.2 cm³/mol. The monoisotopic (exact) mass is 189 g/mol. The number of aromatic nitrogens is 1. The maximum atomic E-state index is 4.78. The molecule has 0 spiro atoms. The van der Waals surface area contributed by atoms with E-state index < -0.39 is 0 Å². The second-order valence-corrected chi connectivity index (χ2v) is 2.65. The number of hydrogen-bond acceptors (Lipinski definition) is 2. The Morgan fingerprint density at radius 3 is 3.00 bits per heavy atom. The molecule has 1 aromatic heterocycles. The molecular formula is C6H8BrNO. The highest BCUT2D eigenvalue weighted by Crippen LogP contribution is 2.11. The summed E-state index contributed by atoms with van der Waals surface area (Å²) in [6, 6.07) is 1.89. The second kappa shape index (κ2) is 3.01. The van der Waals surface area contributed by atoms with Gasteiger partial charge in [0.15, 0.2) is 0 Å². The number of aryl methyl sites for hydroxylation is 1. The van der Waals surface area contributed by atoms with Crippen LogP contribution in [0.25, 0.3) is 0 Å². The quantitative estimate of drug-likeness (QED) is 0.715. The summed E-state index contributed by atoms with van der Waals surface area (Å²) in [5, 5.41) is 3.78. The molecule has 0 atom stereocenters. The van der Waals surface area contributed by atoms with Crippen LogP contribution >= 0.6 is 15.9 Å². The van der Waals surface area contributed by atoms with E-state index in [2.05, 4.69) is 28.0 Å². The zero-order valence-electron chi connectivity index (χ0n) is 5.22. The maximum absolute atomic E-state index is 4.78. The molecule has 0 amide bonds. The molecule has 0 saturated heterocycles. The van der Waals surface area contributed by atoms with Gasteiger partial charge in [0.1, 0.15) is 0 Å². The molecule has 50 valence electrons. The van der Waals surface area contributed by atoms with E-state index in [0.717, 1.165) is 18.5 Å². The molecule has 0 aliphatic heterocycles. The fraction of sp³-hybridized carbons (Fsp3) is 0.500. The van der Waals surface area contributed by atoms with Crippen LogP contribution < -0.4 is 0 Å². The van der Waals surface area contributed by atoms with Crippen LogP contribution in [0.3, 0.4) is 0 Å². The first-order valence-corrected chi connectivity index (χ1v) is 3.73. The molecule has 0 unspecified atom stereocenters. The minimum Gasteiger partial charge on any atom is -0.349 e. The van der Waals surface area contributed by atoms with Gasteiger partial charge >= 0.3 is 0 Å². The summed E-state index contributed by atoms with van der Waals surface area (Å²) in [4.78, 5) is 0. The first-order valence-electron chi connectivity index (χ1n) is 2.94. The average Bonchev–Trinajstić information content (AvgIpc) is 2.17. The summed E-state index contributed by atoms with van der Waals surface area (Å²) in [6.45, 7) is 2.11. The van der Waals surface area contributed by atoms with Crippen molar-refractivity contribution in [3.63, 3.8) is 0 Å². The Balaban J connectivity index is 2.61.